The highest BCUT2D eigenvalue weighted by Crippen LogP contribution is 2.16. The van der Waals surface area contributed by atoms with Crippen molar-refractivity contribution in [2.45, 2.75) is 13.0 Å². The van der Waals surface area contributed by atoms with Crippen LogP contribution in [-0.4, -0.2) is 15.8 Å². The van der Waals surface area contributed by atoms with E-state index < -0.39 is 16.4 Å². The number of rotatable bonds is 4. The van der Waals surface area contributed by atoms with Crippen LogP contribution in [0, 0.1) is 10.1 Å². The SMILES string of the molecule is CC(NC(=O)c1cc([N+](=O)[O-])c[nH]c1=O)c1ccc(Cl)cc1. The fourth-order valence-electron chi connectivity index (χ4n) is 1.86. The van der Waals surface area contributed by atoms with Crippen molar-refractivity contribution in [2.24, 2.45) is 0 Å². The van der Waals surface area contributed by atoms with E-state index in [2.05, 4.69) is 10.3 Å². The largest absolute Gasteiger partial charge is 0.345 e. The van der Waals surface area contributed by atoms with Crippen LogP contribution in [0.5, 0.6) is 0 Å². The van der Waals surface area contributed by atoms with Gasteiger partial charge in [0.05, 0.1) is 17.2 Å². The molecule has 0 fully saturated rings. The number of nitrogens with zero attached hydrogens (tertiary/aromatic N) is 1. The number of hydrogen-bond donors (Lipinski definition) is 2. The first-order valence-corrected chi connectivity index (χ1v) is 6.69. The van der Waals surface area contributed by atoms with Gasteiger partial charge < -0.3 is 10.3 Å². The van der Waals surface area contributed by atoms with Crippen LogP contribution >= 0.6 is 11.6 Å². The highest BCUT2D eigenvalue weighted by molar-refractivity contribution is 6.30. The molecule has 1 aromatic heterocycles. The van der Waals surface area contributed by atoms with Crippen molar-refractivity contribution in [3.8, 4) is 0 Å². The molecule has 7 nitrogen and oxygen atoms in total. The van der Waals surface area contributed by atoms with Crippen LogP contribution in [-0.2, 0) is 0 Å². The molecule has 0 bridgehead atoms. The van der Waals surface area contributed by atoms with Gasteiger partial charge in [-0.1, -0.05) is 23.7 Å². The maximum atomic E-state index is 12.1. The lowest BCUT2D eigenvalue weighted by Crippen LogP contribution is -2.31. The zero-order valence-electron chi connectivity index (χ0n) is 11.5. The molecular weight excluding hydrogens is 310 g/mol. The fraction of sp³-hybridized carbons (Fsp3) is 0.143. The topological polar surface area (TPSA) is 105 Å². The van der Waals surface area contributed by atoms with E-state index in [1.165, 1.54) is 0 Å². The third kappa shape index (κ3) is 3.50. The van der Waals surface area contributed by atoms with Crippen LogP contribution in [0.2, 0.25) is 5.02 Å². The normalized spacial score (nSPS) is 11.7. The van der Waals surface area contributed by atoms with E-state index >= 15 is 0 Å². The summed E-state index contributed by atoms with van der Waals surface area (Å²) in [6.45, 7) is 1.73. The Hall–Kier alpha value is -2.67. The van der Waals surface area contributed by atoms with Crippen LogP contribution in [0.1, 0.15) is 28.9 Å². The van der Waals surface area contributed by atoms with Gasteiger partial charge in [0.25, 0.3) is 17.2 Å². The monoisotopic (exact) mass is 321 g/mol. The van der Waals surface area contributed by atoms with Crippen LogP contribution in [0.25, 0.3) is 0 Å². The molecule has 2 N–H and O–H groups in total. The predicted octanol–water partition coefficient (Wildman–Crippen LogP) is 2.43. The lowest BCUT2D eigenvalue weighted by Gasteiger charge is -2.14. The lowest BCUT2D eigenvalue weighted by atomic mass is 10.1. The molecule has 0 spiro atoms. The number of amides is 1. The predicted molar refractivity (Wildman–Crippen MR) is 81.1 cm³/mol. The zero-order chi connectivity index (χ0) is 16.3. The van der Waals surface area contributed by atoms with Gasteiger partial charge in [-0.3, -0.25) is 19.7 Å². The van der Waals surface area contributed by atoms with Gasteiger partial charge in [-0.15, -0.1) is 0 Å². The number of halogens is 1. The van der Waals surface area contributed by atoms with Crippen molar-refractivity contribution in [3.05, 3.63) is 73.1 Å². The van der Waals surface area contributed by atoms with Crippen molar-refractivity contribution in [1.29, 1.82) is 0 Å². The Morgan fingerprint density at radius 2 is 2.00 bits per heavy atom. The van der Waals surface area contributed by atoms with Crippen molar-refractivity contribution < 1.29 is 9.72 Å². The summed E-state index contributed by atoms with van der Waals surface area (Å²) >= 11 is 5.79. The summed E-state index contributed by atoms with van der Waals surface area (Å²) < 4.78 is 0. The summed E-state index contributed by atoms with van der Waals surface area (Å²) in [7, 11) is 0. The second-order valence-corrected chi connectivity index (χ2v) is 5.04. The minimum atomic E-state index is -0.689. The van der Waals surface area contributed by atoms with Gasteiger partial charge >= 0.3 is 0 Å². The number of carbonyl (C=O) groups is 1. The molecule has 1 aromatic carbocycles. The zero-order valence-corrected chi connectivity index (χ0v) is 12.3. The van der Waals surface area contributed by atoms with E-state index in [-0.39, 0.29) is 17.3 Å². The Balaban J connectivity index is 2.21. The van der Waals surface area contributed by atoms with E-state index in [1.54, 1.807) is 31.2 Å². The summed E-state index contributed by atoms with van der Waals surface area (Å²) in [6.07, 6.45) is 0.946. The maximum Gasteiger partial charge on any atom is 0.286 e. The smallest absolute Gasteiger partial charge is 0.286 e. The molecular formula is C14H12ClN3O4. The number of aromatic nitrogens is 1. The van der Waals surface area contributed by atoms with E-state index in [4.69, 9.17) is 11.6 Å². The molecule has 1 atom stereocenters. The van der Waals surface area contributed by atoms with Crippen molar-refractivity contribution >= 4 is 23.2 Å². The van der Waals surface area contributed by atoms with Gasteiger partial charge in [0.15, 0.2) is 0 Å². The summed E-state index contributed by atoms with van der Waals surface area (Å²) in [4.78, 5) is 35.9. The van der Waals surface area contributed by atoms with E-state index in [0.717, 1.165) is 17.8 Å². The van der Waals surface area contributed by atoms with Gasteiger partial charge in [0, 0.05) is 11.1 Å². The second-order valence-electron chi connectivity index (χ2n) is 4.60. The maximum absolute atomic E-state index is 12.1. The number of aromatic amines is 1. The van der Waals surface area contributed by atoms with Gasteiger partial charge in [-0.25, -0.2) is 0 Å². The molecule has 0 saturated heterocycles. The summed E-state index contributed by atoms with van der Waals surface area (Å²) in [5.41, 5.74) is -0.565. The number of benzene rings is 1. The number of H-pyrrole nitrogens is 1. The van der Waals surface area contributed by atoms with E-state index in [1.807, 2.05) is 0 Å². The van der Waals surface area contributed by atoms with Crippen LogP contribution < -0.4 is 10.9 Å². The quantitative estimate of drug-likeness (QED) is 0.666. The summed E-state index contributed by atoms with van der Waals surface area (Å²) in [6, 6.07) is 7.40. The number of pyridine rings is 1. The third-order valence-electron chi connectivity index (χ3n) is 3.06. The number of nitrogens with one attached hydrogen (secondary N) is 2. The molecule has 2 rings (SSSR count). The third-order valence-corrected chi connectivity index (χ3v) is 3.31. The molecule has 0 aliphatic carbocycles. The number of nitro groups is 1. The first-order chi connectivity index (χ1) is 10.4. The summed E-state index contributed by atoms with van der Waals surface area (Å²) in [5, 5.41) is 13.9. The second kappa shape index (κ2) is 6.40. The van der Waals surface area contributed by atoms with Gasteiger partial charge in [0.1, 0.15) is 5.56 Å². The molecule has 0 saturated carbocycles. The molecule has 22 heavy (non-hydrogen) atoms. The standard InChI is InChI=1S/C14H12ClN3O4/c1-8(9-2-4-10(15)5-3-9)17-14(20)12-6-11(18(21)22)7-16-13(12)19/h2-8H,1H3,(H,16,19)(H,17,20). The number of hydrogen-bond acceptors (Lipinski definition) is 4. The molecule has 2 aromatic rings. The van der Waals surface area contributed by atoms with E-state index in [0.29, 0.717) is 5.02 Å². The number of carbonyl (C=O) groups excluding carboxylic acids is 1. The molecule has 1 amide bonds. The highest BCUT2D eigenvalue weighted by atomic mass is 35.5. The summed E-state index contributed by atoms with van der Waals surface area (Å²) in [5.74, 6) is -0.688. The fourth-order valence-corrected chi connectivity index (χ4v) is 1.98. The minimum Gasteiger partial charge on any atom is -0.345 e. The molecule has 114 valence electrons. The van der Waals surface area contributed by atoms with Crippen molar-refractivity contribution in [2.75, 3.05) is 0 Å². The first kappa shape index (κ1) is 15.7. The minimum absolute atomic E-state index is 0.310. The first-order valence-electron chi connectivity index (χ1n) is 6.32. The molecule has 8 heteroatoms. The van der Waals surface area contributed by atoms with Crippen molar-refractivity contribution in [3.63, 3.8) is 0 Å². The average Bonchev–Trinajstić information content (AvgIpc) is 2.47. The lowest BCUT2D eigenvalue weighted by molar-refractivity contribution is -0.385. The molecule has 0 aliphatic rings. The Labute approximate surface area is 130 Å². The van der Waals surface area contributed by atoms with Crippen LogP contribution in [0.15, 0.2) is 41.3 Å². The van der Waals surface area contributed by atoms with Gasteiger partial charge in [-0.05, 0) is 24.6 Å². The molecule has 0 radical (unpaired) electrons. The average molecular weight is 322 g/mol. The van der Waals surface area contributed by atoms with Crippen LogP contribution in [0.3, 0.4) is 0 Å². The molecule has 1 unspecified atom stereocenters. The van der Waals surface area contributed by atoms with Crippen LogP contribution in [0.4, 0.5) is 5.69 Å². The van der Waals surface area contributed by atoms with Gasteiger partial charge in [-0.2, -0.15) is 0 Å². The Morgan fingerprint density at radius 1 is 1.36 bits per heavy atom. The molecule has 0 aliphatic heterocycles. The Kier molecular flexibility index (Phi) is 4.57. The Morgan fingerprint density at radius 3 is 2.59 bits per heavy atom. The highest BCUT2D eigenvalue weighted by Gasteiger charge is 2.18. The van der Waals surface area contributed by atoms with Gasteiger partial charge in [0.2, 0.25) is 0 Å². The Bertz CT molecular complexity index is 770. The van der Waals surface area contributed by atoms with Crippen molar-refractivity contribution in [1.82, 2.24) is 10.3 Å². The molecule has 1 heterocycles. The van der Waals surface area contributed by atoms with E-state index in [9.17, 15) is 19.7 Å².